The van der Waals surface area contributed by atoms with E-state index in [9.17, 15) is 4.79 Å². The van der Waals surface area contributed by atoms with Crippen LogP contribution in [0.4, 0.5) is 0 Å². The van der Waals surface area contributed by atoms with Gasteiger partial charge in [0.1, 0.15) is 6.10 Å². The minimum Gasteiger partial charge on any atom is -0.462 e. The molecule has 1 atom stereocenters. The standard InChI is InChI=1S/C8H14O2/c1-8(2,3)6-4-5-7(9)10-6/h6H,4-5H2,1-3H3/t6-/m0/s1. The molecule has 0 N–H and O–H groups in total. The Bertz CT molecular complexity index is 144. The van der Waals surface area contributed by atoms with Crippen LogP contribution >= 0.6 is 0 Å². The molecule has 1 aliphatic rings. The first-order valence-electron chi connectivity index (χ1n) is 3.69. The molecule has 0 unspecified atom stereocenters. The fourth-order valence-corrected chi connectivity index (χ4v) is 1.14. The van der Waals surface area contributed by atoms with Gasteiger partial charge in [0.05, 0.1) is 0 Å². The van der Waals surface area contributed by atoms with Crippen LogP contribution in [-0.2, 0) is 9.53 Å². The van der Waals surface area contributed by atoms with Crippen LogP contribution in [-0.4, -0.2) is 12.1 Å². The third kappa shape index (κ3) is 1.49. The van der Waals surface area contributed by atoms with Gasteiger partial charge in [0.2, 0.25) is 0 Å². The van der Waals surface area contributed by atoms with Gasteiger partial charge in [-0.2, -0.15) is 0 Å². The van der Waals surface area contributed by atoms with Crippen molar-refractivity contribution in [3.63, 3.8) is 0 Å². The lowest BCUT2D eigenvalue weighted by molar-refractivity contribution is -0.144. The van der Waals surface area contributed by atoms with Crippen molar-refractivity contribution in [1.29, 1.82) is 0 Å². The molecular weight excluding hydrogens is 128 g/mol. The number of carbonyl (C=O) groups excluding carboxylic acids is 1. The summed E-state index contributed by atoms with van der Waals surface area (Å²) in [4.78, 5) is 10.7. The molecule has 0 aromatic rings. The number of hydrogen-bond donors (Lipinski definition) is 0. The Hall–Kier alpha value is -0.530. The molecule has 0 saturated carbocycles. The summed E-state index contributed by atoms with van der Waals surface area (Å²) in [5, 5.41) is 0. The molecule has 1 saturated heterocycles. The molecule has 1 aliphatic heterocycles. The lowest BCUT2D eigenvalue weighted by Crippen LogP contribution is -2.25. The average molecular weight is 142 g/mol. The predicted molar refractivity (Wildman–Crippen MR) is 38.6 cm³/mol. The lowest BCUT2D eigenvalue weighted by Gasteiger charge is -2.24. The van der Waals surface area contributed by atoms with E-state index in [2.05, 4.69) is 20.8 Å². The monoisotopic (exact) mass is 142 g/mol. The molecule has 2 heteroatoms. The van der Waals surface area contributed by atoms with E-state index in [4.69, 9.17) is 4.74 Å². The Labute approximate surface area is 61.6 Å². The second kappa shape index (κ2) is 2.26. The van der Waals surface area contributed by atoms with E-state index in [0.717, 1.165) is 6.42 Å². The molecule has 0 aromatic carbocycles. The van der Waals surface area contributed by atoms with Crippen LogP contribution in [0.2, 0.25) is 0 Å². The van der Waals surface area contributed by atoms with E-state index in [1.165, 1.54) is 0 Å². The highest BCUT2D eigenvalue weighted by Gasteiger charge is 2.33. The number of esters is 1. The first kappa shape index (κ1) is 7.58. The third-order valence-electron chi connectivity index (χ3n) is 1.85. The van der Waals surface area contributed by atoms with Gasteiger partial charge < -0.3 is 4.74 Å². The summed E-state index contributed by atoms with van der Waals surface area (Å²) >= 11 is 0. The van der Waals surface area contributed by atoms with Gasteiger partial charge >= 0.3 is 5.97 Å². The summed E-state index contributed by atoms with van der Waals surface area (Å²) in [6, 6.07) is 0. The molecule has 58 valence electrons. The number of hydrogen-bond acceptors (Lipinski definition) is 2. The average Bonchev–Trinajstić information content (AvgIpc) is 2.11. The molecule has 2 nitrogen and oxygen atoms in total. The normalized spacial score (nSPS) is 26.7. The fourth-order valence-electron chi connectivity index (χ4n) is 1.14. The second-order valence-corrected chi connectivity index (χ2v) is 3.88. The smallest absolute Gasteiger partial charge is 0.306 e. The molecular formula is C8H14O2. The zero-order valence-corrected chi connectivity index (χ0v) is 6.81. The summed E-state index contributed by atoms with van der Waals surface area (Å²) in [5.41, 5.74) is 0.117. The van der Waals surface area contributed by atoms with Gasteiger partial charge in [-0.25, -0.2) is 0 Å². The van der Waals surface area contributed by atoms with Gasteiger partial charge in [0, 0.05) is 6.42 Å². The van der Waals surface area contributed by atoms with Crippen molar-refractivity contribution in [2.45, 2.75) is 39.7 Å². The van der Waals surface area contributed by atoms with Crippen molar-refractivity contribution in [1.82, 2.24) is 0 Å². The highest BCUT2D eigenvalue weighted by molar-refractivity contribution is 5.71. The van der Waals surface area contributed by atoms with Crippen molar-refractivity contribution in [3.05, 3.63) is 0 Å². The van der Waals surface area contributed by atoms with Crippen molar-refractivity contribution in [2.24, 2.45) is 5.41 Å². The quantitative estimate of drug-likeness (QED) is 0.481. The first-order valence-corrected chi connectivity index (χ1v) is 3.69. The van der Waals surface area contributed by atoms with E-state index < -0.39 is 0 Å². The summed E-state index contributed by atoms with van der Waals surface area (Å²) < 4.78 is 5.09. The highest BCUT2D eigenvalue weighted by atomic mass is 16.5. The van der Waals surface area contributed by atoms with Gasteiger partial charge in [-0.05, 0) is 11.8 Å². The van der Waals surface area contributed by atoms with Crippen LogP contribution < -0.4 is 0 Å². The maximum absolute atomic E-state index is 10.7. The van der Waals surface area contributed by atoms with Gasteiger partial charge in [-0.1, -0.05) is 20.8 Å². The van der Waals surface area contributed by atoms with Crippen LogP contribution in [0.1, 0.15) is 33.6 Å². The molecule has 1 rings (SSSR count). The van der Waals surface area contributed by atoms with E-state index in [0.29, 0.717) is 6.42 Å². The second-order valence-electron chi connectivity index (χ2n) is 3.88. The van der Waals surface area contributed by atoms with Crippen LogP contribution in [0.3, 0.4) is 0 Å². The third-order valence-corrected chi connectivity index (χ3v) is 1.85. The van der Waals surface area contributed by atoms with Crippen molar-refractivity contribution in [3.8, 4) is 0 Å². The summed E-state index contributed by atoms with van der Waals surface area (Å²) in [6.07, 6.45) is 1.63. The zero-order valence-electron chi connectivity index (χ0n) is 6.81. The number of rotatable bonds is 0. The predicted octanol–water partition coefficient (Wildman–Crippen LogP) is 1.74. The Balaban J connectivity index is 2.53. The van der Waals surface area contributed by atoms with E-state index in [1.807, 2.05) is 0 Å². The largest absolute Gasteiger partial charge is 0.462 e. The summed E-state index contributed by atoms with van der Waals surface area (Å²) in [6.45, 7) is 6.28. The Kier molecular flexibility index (Phi) is 1.71. The van der Waals surface area contributed by atoms with Gasteiger partial charge in [0.15, 0.2) is 0 Å². The van der Waals surface area contributed by atoms with Crippen LogP contribution in [0.15, 0.2) is 0 Å². The van der Waals surface area contributed by atoms with Crippen molar-refractivity contribution in [2.75, 3.05) is 0 Å². The molecule has 0 radical (unpaired) electrons. The minimum atomic E-state index is -0.0417. The van der Waals surface area contributed by atoms with Crippen LogP contribution in [0.5, 0.6) is 0 Å². The molecule has 0 spiro atoms. The first-order chi connectivity index (χ1) is 4.50. The number of carbonyl (C=O) groups is 1. The fraction of sp³-hybridized carbons (Fsp3) is 0.875. The summed E-state index contributed by atoms with van der Waals surface area (Å²) in [5.74, 6) is -0.0417. The van der Waals surface area contributed by atoms with Gasteiger partial charge in [-0.15, -0.1) is 0 Å². The van der Waals surface area contributed by atoms with Crippen LogP contribution in [0, 0.1) is 5.41 Å². The maximum Gasteiger partial charge on any atom is 0.306 e. The lowest BCUT2D eigenvalue weighted by atomic mass is 9.88. The Morgan fingerprint density at radius 2 is 2.10 bits per heavy atom. The molecule has 0 aromatic heterocycles. The molecule has 10 heavy (non-hydrogen) atoms. The topological polar surface area (TPSA) is 26.3 Å². The van der Waals surface area contributed by atoms with Gasteiger partial charge in [0.25, 0.3) is 0 Å². The number of ether oxygens (including phenoxy) is 1. The SMILES string of the molecule is CC(C)(C)[C@@H]1CCC(=O)O1. The molecule has 0 amide bonds. The van der Waals surface area contributed by atoms with E-state index in [1.54, 1.807) is 0 Å². The minimum absolute atomic E-state index is 0.0417. The van der Waals surface area contributed by atoms with E-state index in [-0.39, 0.29) is 17.5 Å². The Morgan fingerprint density at radius 1 is 1.50 bits per heavy atom. The Morgan fingerprint density at radius 3 is 2.30 bits per heavy atom. The molecule has 1 heterocycles. The van der Waals surface area contributed by atoms with Gasteiger partial charge in [-0.3, -0.25) is 4.79 Å². The molecule has 0 aliphatic carbocycles. The molecule has 0 bridgehead atoms. The number of cyclic esters (lactones) is 1. The van der Waals surface area contributed by atoms with E-state index >= 15 is 0 Å². The zero-order chi connectivity index (χ0) is 7.78. The highest BCUT2D eigenvalue weighted by Crippen LogP contribution is 2.30. The molecule has 1 fully saturated rings. The van der Waals surface area contributed by atoms with Crippen molar-refractivity contribution < 1.29 is 9.53 Å². The van der Waals surface area contributed by atoms with Crippen molar-refractivity contribution >= 4 is 5.97 Å². The summed E-state index contributed by atoms with van der Waals surface area (Å²) in [7, 11) is 0. The van der Waals surface area contributed by atoms with Crippen LogP contribution in [0.25, 0.3) is 0 Å². The maximum atomic E-state index is 10.7.